The molecule has 1 aromatic heterocycles. The fourth-order valence-electron chi connectivity index (χ4n) is 1.73. The van der Waals surface area contributed by atoms with Gasteiger partial charge in [0, 0.05) is 31.0 Å². The zero-order valence-corrected chi connectivity index (χ0v) is 12.9. The van der Waals surface area contributed by atoms with Crippen molar-refractivity contribution in [3.63, 3.8) is 0 Å². The summed E-state index contributed by atoms with van der Waals surface area (Å²) >= 11 is 5.91. The Hall–Kier alpha value is -2.18. The van der Waals surface area contributed by atoms with Crippen molar-refractivity contribution < 1.29 is 9.53 Å². The Morgan fingerprint density at radius 3 is 2.86 bits per heavy atom. The summed E-state index contributed by atoms with van der Waals surface area (Å²) in [6, 6.07) is 7.26. The molecule has 0 unspecified atom stereocenters. The van der Waals surface area contributed by atoms with Gasteiger partial charge in [-0.1, -0.05) is 17.7 Å². The average molecular weight is 321 g/mol. The molecule has 1 heterocycles. The Balaban J connectivity index is 1.91. The van der Waals surface area contributed by atoms with Crippen LogP contribution in [0.4, 0.5) is 11.5 Å². The Kier molecular flexibility index (Phi) is 6.12. The molecule has 0 spiro atoms. The first-order chi connectivity index (χ1) is 10.7. The molecule has 0 bridgehead atoms. The van der Waals surface area contributed by atoms with Gasteiger partial charge in [-0.3, -0.25) is 4.79 Å². The Bertz CT molecular complexity index is 619. The number of amides is 1. The summed E-state index contributed by atoms with van der Waals surface area (Å²) in [5, 5.41) is 6.45. The zero-order chi connectivity index (χ0) is 15.8. The van der Waals surface area contributed by atoms with Crippen molar-refractivity contribution in [2.45, 2.75) is 6.42 Å². The van der Waals surface area contributed by atoms with E-state index in [1.54, 1.807) is 19.2 Å². The summed E-state index contributed by atoms with van der Waals surface area (Å²) in [5.74, 6) is 0.288. The Morgan fingerprint density at radius 2 is 2.18 bits per heavy atom. The molecule has 0 saturated heterocycles. The largest absolute Gasteiger partial charge is 0.385 e. The Labute approximate surface area is 133 Å². The van der Waals surface area contributed by atoms with Crippen LogP contribution in [-0.4, -0.2) is 36.1 Å². The van der Waals surface area contributed by atoms with Crippen LogP contribution < -0.4 is 10.6 Å². The van der Waals surface area contributed by atoms with E-state index in [0.717, 1.165) is 12.1 Å². The van der Waals surface area contributed by atoms with Crippen molar-refractivity contribution >= 4 is 29.0 Å². The third kappa shape index (κ3) is 4.98. The quantitative estimate of drug-likeness (QED) is 0.767. The summed E-state index contributed by atoms with van der Waals surface area (Å²) in [6.07, 6.45) is 3.69. The van der Waals surface area contributed by atoms with Gasteiger partial charge in [-0.25, -0.2) is 9.97 Å². The smallest absolute Gasteiger partial charge is 0.271 e. The van der Waals surface area contributed by atoms with E-state index in [4.69, 9.17) is 16.3 Å². The van der Waals surface area contributed by atoms with Gasteiger partial charge in [0.1, 0.15) is 11.5 Å². The fraction of sp³-hybridized carbons (Fsp3) is 0.267. The standard InChI is InChI=1S/C15H17ClN4O2/c1-22-7-3-6-17-15(21)13-9-19-14(10-18-13)20-12-5-2-4-11(16)8-12/h2,4-5,8-10H,3,6-7H2,1H3,(H,17,21)(H,19,20). The lowest BCUT2D eigenvalue weighted by atomic mass is 10.3. The Morgan fingerprint density at radius 1 is 1.32 bits per heavy atom. The number of hydrogen-bond donors (Lipinski definition) is 2. The van der Waals surface area contributed by atoms with Gasteiger partial charge >= 0.3 is 0 Å². The van der Waals surface area contributed by atoms with Crippen LogP contribution in [0.2, 0.25) is 5.02 Å². The topological polar surface area (TPSA) is 76.1 Å². The summed E-state index contributed by atoms with van der Waals surface area (Å²) in [6.45, 7) is 1.14. The maximum Gasteiger partial charge on any atom is 0.271 e. The molecule has 22 heavy (non-hydrogen) atoms. The first-order valence-corrected chi connectivity index (χ1v) is 7.18. The number of halogens is 1. The number of anilines is 2. The van der Waals surface area contributed by atoms with Gasteiger partial charge in [0.2, 0.25) is 0 Å². The highest BCUT2D eigenvalue weighted by Crippen LogP contribution is 2.18. The predicted molar refractivity (Wildman–Crippen MR) is 85.6 cm³/mol. The van der Waals surface area contributed by atoms with Crippen LogP contribution in [0.15, 0.2) is 36.7 Å². The monoisotopic (exact) mass is 320 g/mol. The van der Waals surface area contributed by atoms with Gasteiger partial charge in [-0.05, 0) is 24.6 Å². The number of aromatic nitrogens is 2. The summed E-state index contributed by atoms with van der Waals surface area (Å²) in [5.41, 5.74) is 1.08. The molecule has 2 N–H and O–H groups in total. The van der Waals surface area contributed by atoms with Crippen LogP contribution in [0.5, 0.6) is 0 Å². The molecule has 0 radical (unpaired) electrons. The van der Waals surface area contributed by atoms with E-state index < -0.39 is 0 Å². The first kappa shape index (κ1) is 16.2. The molecule has 2 aromatic rings. The lowest BCUT2D eigenvalue weighted by molar-refractivity contribution is 0.0943. The molecule has 0 saturated carbocycles. The van der Waals surface area contributed by atoms with Gasteiger partial charge < -0.3 is 15.4 Å². The van der Waals surface area contributed by atoms with Crippen LogP contribution in [0.1, 0.15) is 16.9 Å². The van der Waals surface area contributed by atoms with Crippen LogP contribution in [-0.2, 0) is 4.74 Å². The minimum Gasteiger partial charge on any atom is -0.385 e. The van der Waals surface area contributed by atoms with Crippen molar-refractivity contribution in [3.8, 4) is 0 Å². The van der Waals surface area contributed by atoms with Crippen molar-refractivity contribution in [1.82, 2.24) is 15.3 Å². The second-order valence-corrected chi connectivity index (χ2v) is 4.96. The van der Waals surface area contributed by atoms with E-state index in [-0.39, 0.29) is 11.6 Å². The highest BCUT2D eigenvalue weighted by Gasteiger charge is 2.07. The van der Waals surface area contributed by atoms with Gasteiger partial charge in [-0.15, -0.1) is 0 Å². The van der Waals surface area contributed by atoms with E-state index >= 15 is 0 Å². The minimum absolute atomic E-state index is 0.252. The molecular weight excluding hydrogens is 304 g/mol. The van der Waals surface area contributed by atoms with E-state index in [1.807, 2.05) is 12.1 Å². The summed E-state index contributed by atoms with van der Waals surface area (Å²) in [7, 11) is 1.62. The SMILES string of the molecule is COCCCNC(=O)c1cnc(Nc2cccc(Cl)c2)cn1. The molecular formula is C15H17ClN4O2. The van der Waals surface area contributed by atoms with Crippen LogP contribution in [0, 0.1) is 0 Å². The molecule has 7 heteroatoms. The predicted octanol–water partition coefficient (Wildman–Crippen LogP) is 2.64. The van der Waals surface area contributed by atoms with E-state index in [1.165, 1.54) is 12.4 Å². The van der Waals surface area contributed by atoms with Crippen LogP contribution in [0.25, 0.3) is 0 Å². The summed E-state index contributed by atoms with van der Waals surface area (Å²) in [4.78, 5) is 20.1. The number of rotatable bonds is 7. The van der Waals surface area contributed by atoms with E-state index in [2.05, 4.69) is 20.6 Å². The van der Waals surface area contributed by atoms with Crippen LogP contribution in [0.3, 0.4) is 0 Å². The molecule has 1 amide bonds. The molecule has 116 valence electrons. The number of hydrogen-bond acceptors (Lipinski definition) is 5. The molecule has 6 nitrogen and oxygen atoms in total. The number of nitrogens with zero attached hydrogens (tertiary/aromatic N) is 2. The lowest BCUT2D eigenvalue weighted by Crippen LogP contribution is -2.26. The minimum atomic E-state index is -0.252. The van der Waals surface area contributed by atoms with Gasteiger partial charge in [0.15, 0.2) is 0 Å². The molecule has 0 aliphatic carbocycles. The van der Waals surface area contributed by atoms with Crippen molar-refractivity contribution in [1.29, 1.82) is 0 Å². The van der Waals surface area contributed by atoms with E-state index in [9.17, 15) is 4.79 Å². The molecule has 1 aromatic carbocycles. The van der Waals surface area contributed by atoms with E-state index in [0.29, 0.717) is 24.0 Å². The van der Waals surface area contributed by atoms with Gasteiger partial charge in [0.05, 0.1) is 12.4 Å². The number of carbonyl (C=O) groups is 1. The first-order valence-electron chi connectivity index (χ1n) is 6.81. The molecule has 0 fully saturated rings. The number of nitrogens with one attached hydrogen (secondary N) is 2. The average Bonchev–Trinajstić information content (AvgIpc) is 2.52. The van der Waals surface area contributed by atoms with Crippen molar-refractivity contribution in [2.24, 2.45) is 0 Å². The number of carbonyl (C=O) groups excluding carboxylic acids is 1. The molecule has 2 rings (SSSR count). The molecule has 0 aliphatic rings. The third-order valence-electron chi connectivity index (χ3n) is 2.79. The second-order valence-electron chi connectivity index (χ2n) is 4.52. The highest BCUT2D eigenvalue weighted by molar-refractivity contribution is 6.30. The van der Waals surface area contributed by atoms with Crippen molar-refractivity contribution in [2.75, 3.05) is 25.6 Å². The second kappa shape index (κ2) is 8.31. The zero-order valence-electron chi connectivity index (χ0n) is 12.2. The third-order valence-corrected chi connectivity index (χ3v) is 3.03. The van der Waals surface area contributed by atoms with Crippen LogP contribution >= 0.6 is 11.6 Å². The normalized spacial score (nSPS) is 10.3. The summed E-state index contributed by atoms with van der Waals surface area (Å²) < 4.78 is 4.91. The number of methoxy groups -OCH3 is 1. The maximum atomic E-state index is 11.8. The fourth-order valence-corrected chi connectivity index (χ4v) is 1.92. The lowest BCUT2D eigenvalue weighted by Gasteiger charge is -2.07. The molecule has 0 aliphatic heterocycles. The maximum absolute atomic E-state index is 11.8. The van der Waals surface area contributed by atoms with Crippen molar-refractivity contribution in [3.05, 3.63) is 47.4 Å². The highest BCUT2D eigenvalue weighted by atomic mass is 35.5. The number of ether oxygens (including phenoxy) is 1. The van der Waals surface area contributed by atoms with Gasteiger partial charge in [0.25, 0.3) is 5.91 Å². The molecule has 0 atom stereocenters. The number of benzene rings is 1. The van der Waals surface area contributed by atoms with Gasteiger partial charge in [-0.2, -0.15) is 0 Å².